The fourth-order valence-corrected chi connectivity index (χ4v) is 2.80. The lowest BCUT2D eigenvalue weighted by molar-refractivity contribution is -0.125. The second kappa shape index (κ2) is 10.9. The monoisotopic (exact) mass is 391 g/mol. The summed E-state index contributed by atoms with van der Waals surface area (Å²) in [6, 6.07) is 8.25. The number of piperidine rings is 1. The van der Waals surface area contributed by atoms with E-state index in [2.05, 4.69) is 22.3 Å². The van der Waals surface area contributed by atoms with Crippen LogP contribution in [0.5, 0.6) is 5.75 Å². The number of halogens is 2. The SMILES string of the molecule is COc1ccc(CN2CCC(CNC(=O)C(C)(C)N)CC2)cc1.Cl.Cl. The molecule has 0 atom stereocenters. The molecule has 1 heterocycles. The van der Waals surface area contributed by atoms with E-state index in [-0.39, 0.29) is 30.7 Å². The van der Waals surface area contributed by atoms with Gasteiger partial charge in [0.15, 0.2) is 0 Å². The van der Waals surface area contributed by atoms with Crippen LogP contribution in [0.1, 0.15) is 32.3 Å². The van der Waals surface area contributed by atoms with Crippen molar-refractivity contribution in [3.63, 3.8) is 0 Å². The lowest BCUT2D eigenvalue weighted by Crippen LogP contribution is -2.50. The summed E-state index contributed by atoms with van der Waals surface area (Å²) in [5.41, 5.74) is 6.31. The molecule has 0 aliphatic carbocycles. The van der Waals surface area contributed by atoms with E-state index < -0.39 is 5.54 Å². The van der Waals surface area contributed by atoms with E-state index in [9.17, 15) is 4.79 Å². The molecule has 1 amide bonds. The van der Waals surface area contributed by atoms with E-state index in [4.69, 9.17) is 10.5 Å². The number of nitrogens with two attached hydrogens (primary N) is 1. The van der Waals surface area contributed by atoms with E-state index >= 15 is 0 Å². The maximum Gasteiger partial charge on any atom is 0.239 e. The lowest BCUT2D eigenvalue weighted by atomic mass is 9.95. The predicted octanol–water partition coefficient (Wildman–Crippen LogP) is 2.60. The van der Waals surface area contributed by atoms with Crippen molar-refractivity contribution in [3.05, 3.63) is 29.8 Å². The number of nitrogens with zero attached hydrogens (tertiary/aromatic N) is 1. The van der Waals surface area contributed by atoms with Crippen LogP contribution in [-0.2, 0) is 11.3 Å². The highest BCUT2D eigenvalue weighted by Crippen LogP contribution is 2.19. The first kappa shape index (κ1) is 24.0. The van der Waals surface area contributed by atoms with Crippen molar-refractivity contribution >= 4 is 30.7 Å². The van der Waals surface area contributed by atoms with Gasteiger partial charge in [-0.25, -0.2) is 0 Å². The highest BCUT2D eigenvalue weighted by Gasteiger charge is 2.24. The van der Waals surface area contributed by atoms with Gasteiger partial charge in [-0.15, -0.1) is 24.8 Å². The van der Waals surface area contributed by atoms with E-state index in [0.29, 0.717) is 5.92 Å². The van der Waals surface area contributed by atoms with Gasteiger partial charge in [0.25, 0.3) is 0 Å². The summed E-state index contributed by atoms with van der Waals surface area (Å²) in [6.07, 6.45) is 2.23. The van der Waals surface area contributed by atoms with Crippen molar-refractivity contribution in [1.82, 2.24) is 10.2 Å². The number of benzene rings is 1. The molecular weight excluding hydrogens is 361 g/mol. The Morgan fingerprint density at radius 1 is 1.24 bits per heavy atom. The maximum atomic E-state index is 11.8. The van der Waals surface area contributed by atoms with Crippen molar-refractivity contribution in [2.75, 3.05) is 26.7 Å². The van der Waals surface area contributed by atoms with Crippen LogP contribution in [0.25, 0.3) is 0 Å². The maximum absolute atomic E-state index is 11.8. The van der Waals surface area contributed by atoms with E-state index in [1.54, 1.807) is 21.0 Å². The summed E-state index contributed by atoms with van der Waals surface area (Å²) in [4.78, 5) is 14.3. The molecule has 0 spiro atoms. The first-order valence-corrected chi connectivity index (χ1v) is 8.31. The average Bonchev–Trinajstić information content (AvgIpc) is 2.53. The van der Waals surface area contributed by atoms with Gasteiger partial charge in [-0.3, -0.25) is 9.69 Å². The minimum atomic E-state index is -0.797. The number of carbonyl (C=O) groups excluding carboxylic acids is 1. The van der Waals surface area contributed by atoms with Gasteiger partial charge >= 0.3 is 0 Å². The molecule has 0 unspecified atom stereocenters. The summed E-state index contributed by atoms with van der Waals surface area (Å²) in [5, 5.41) is 2.97. The van der Waals surface area contributed by atoms with Gasteiger partial charge in [-0.05, 0) is 63.4 Å². The van der Waals surface area contributed by atoms with Gasteiger partial charge in [0.2, 0.25) is 5.91 Å². The Kier molecular flexibility index (Phi) is 10.4. The molecule has 1 aliphatic heterocycles. The van der Waals surface area contributed by atoms with Crippen LogP contribution in [-0.4, -0.2) is 43.1 Å². The molecule has 3 N–H and O–H groups in total. The van der Waals surface area contributed by atoms with E-state index in [1.165, 1.54) is 5.56 Å². The molecule has 144 valence electrons. The zero-order chi connectivity index (χ0) is 16.9. The fraction of sp³-hybridized carbons (Fsp3) is 0.611. The number of methoxy groups -OCH3 is 1. The van der Waals surface area contributed by atoms with Crippen molar-refractivity contribution in [1.29, 1.82) is 0 Å². The molecule has 1 aliphatic rings. The van der Waals surface area contributed by atoms with E-state index in [1.807, 2.05) is 12.1 Å². The van der Waals surface area contributed by atoms with Crippen LogP contribution >= 0.6 is 24.8 Å². The molecule has 1 aromatic rings. The molecule has 7 heteroatoms. The number of nitrogens with one attached hydrogen (secondary N) is 1. The van der Waals surface area contributed by atoms with Crippen LogP contribution in [0.2, 0.25) is 0 Å². The van der Waals surface area contributed by atoms with Crippen molar-refractivity contribution in [3.8, 4) is 5.75 Å². The standard InChI is InChI=1S/C18H29N3O2.2ClH/c1-18(2,19)17(22)20-12-14-8-10-21(11-9-14)13-15-4-6-16(23-3)7-5-15;;/h4-7,14H,8-13,19H2,1-3H3,(H,20,22);2*1H. The van der Waals surface area contributed by atoms with Gasteiger partial charge in [-0.1, -0.05) is 12.1 Å². The largest absolute Gasteiger partial charge is 0.497 e. The molecule has 0 bridgehead atoms. The highest BCUT2D eigenvalue weighted by molar-refractivity contribution is 5.85. The third-order valence-electron chi connectivity index (χ3n) is 4.41. The zero-order valence-corrected chi connectivity index (χ0v) is 16.9. The molecule has 1 fully saturated rings. The molecule has 0 aromatic heterocycles. The summed E-state index contributed by atoms with van der Waals surface area (Å²) < 4.78 is 5.19. The third kappa shape index (κ3) is 7.82. The zero-order valence-electron chi connectivity index (χ0n) is 15.3. The van der Waals surface area contributed by atoms with Crippen molar-refractivity contribution in [2.45, 2.75) is 38.8 Å². The predicted molar refractivity (Wildman–Crippen MR) is 107 cm³/mol. The van der Waals surface area contributed by atoms with Crippen molar-refractivity contribution < 1.29 is 9.53 Å². The molecule has 25 heavy (non-hydrogen) atoms. The summed E-state index contributed by atoms with van der Waals surface area (Å²) in [6.45, 7) is 7.31. The number of amides is 1. The Morgan fingerprint density at radius 3 is 2.28 bits per heavy atom. The molecule has 2 rings (SSSR count). The smallest absolute Gasteiger partial charge is 0.239 e. The third-order valence-corrected chi connectivity index (χ3v) is 4.41. The van der Waals surface area contributed by atoms with Crippen LogP contribution in [0, 0.1) is 5.92 Å². The number of carbonyl (C=O) groups is 1. The summed E-state index contributed by atoms with van der Waals surface area (Å²) in [7, 11) is 1.68. The Labute approximate surface area is 163 Å². The topological polar surface area (TPSA) is 67.6 Å². The first-order valence-electron chi connectivity index (χ1n) is 8.31. The Bertz CT molecular complexity index is 510. The molecule has 5 nitrogen and oxygen atoms in total. The van der Waals surface area contributed by atoms with Gasteiger partial charge in [0.05, 0.1) is 12.6 Å². The number of ether oxygens (including phenoxy) is 1. The number of rotatable bonds is 6. The Morgan fingerprint density at radius 2 is 1.80 bits per heavy atom. The van der Waals surface area contributed by atoms with Gasteiger partial charge in [0.1, 0.15) is 5.75 Å². The number of hydrogen-bond donors (Lipinski definition) is 2. The van der Waals surface area contributed by atoms with Crippen LogP contribution in [0.3, 0.4) is 0 Å². The number of hydrogen-bond acceptors (Lipinski definition) is 4. The summed E-state index contributed by atoms with van der Waals surface area (Å²) >= 11 is 0. The fourth-order valence-electron chi connectivity index (χ4n) is 2.80. The number of likely N-dealkylation sites (tertiary alicyclic amines) is 1. The van der Waals surface area contributed by atoms with Crippen LogP contribution < -0.4 is 15.8 Å². The second-order valence-corrected chi connectivity index (χ2v) is 7.00. The van der Waals surface area contributed by atoms with E-state index in [0.717, 1.165) is 44.8 Å². The Balaban J connectivity index is 0.00000288. The summed E-state index contributed by atoms with van der Waals surface area (Å²) in [5.74, 6) is 1.37. The molecule has 1 saturated heterocycles. The average molecular weight is 392 g/mol. The van der Waals surface area contributed by atoms with Gasteiger partial charge in [-0.2, -0.15) is 0 Å². The Hall–Kier alpha value is -1.01. The lowest BCUT2D eigenvalue weighted by Gasteiger charge is -2.32. The first-order chi connectivity index (χ1) is 10.9. The highest BCUT2D eigenvalue weighted by atomic mass is 35.5. The molecule has 0 radical (unpaired) electrons. The van der Waals surface area contributed by atoms with Crippen LogP contribution in [0.4, 0.5) is 0 Å². The van der Waals surface area contributed by atoms with Crippen molar-refractivity contribution in [2.24, 2.45) is 11.7 Å². The van der Waals surface area contributed by atoms with Gasteiger partial charge < -0.3 is 15.8 Å². The van der Waals surface area contributed by atoms with Gasteiger partial charge in [0, 0.05) is 13.1 Å². The van der Waals surface area contributed by atoms with Crippen LogP contribution in [0.15, 0.2) is 24.3 Å². The second-order valence-electron chi connectivity index (χ2n) is 7.00. The minimum absolute atomic E-state index is 0. The quantitative estimate of drug-likeness (QED) is 0.781. The minimum Gasteiger partial charge on any atom is -0.497 e. The molecule has 0 saturated carbocycles. The molecule has 1 aromatic carbocycles. The normalized spacial score (nSPS) is 15.7. The molecular formula is C18H31Cl2N3O2.